The molecule has 11 heavy (non-hydrogen) atoms. The molecule has 0 aliphatic carbocycles. The van der Waals surface area contributed by atoms with Crippen molar-refractivity contribution in [3.63, 3.8) is 0 Å². The largest absolute Gasteiger partial charge is 0.381 e. The topological polar surface area (TPSA) is 18.5 Å². The third kappa shape index (κ3) is 3.99. The Morgan fingerprint density at radius 3 is 2.82 bits per heavy atom. The molecule has 0 aromatic heterocycles. The molecule has 1 rings (SSSR count). The monoisotopic (exact) mass is 176 g/mol. The highest BCUT2D eigenvalue weighted by Crippen LogP contribution is 2.10. The maximum atomic E-state index is 5.62. The maximum absolute atomic E-state index is 5.62. The van der Waals surface area contributed by atoms with E-state index in [4.69, 9.17) is 9.47 Å². The van der Waals surface area contributed by atoms with Crippen LogP contribution in [0.4, 0.5) is 0 Å². The number of thioether (sulfide) groups is 1. The van der Waals surface area contributed by atoms with Crippen molar-refractivity contribution in [2.75, 3.05) is 31.8 Å². The van der Waals surface area contributed by atoms with Crippen molar-refractivity contribution >= 4 is 11.8 Å². The fraction of sp³-hybridized carbons (Fsp3) is 1.00. The molecule has 1 saturated heterocycles. The van der Waals surface area contributed by atoms with Gasteiger partial charge < -0.3 is 9.47 Å². The normalized spacial score (nSPS) is 20.5. The van der Waals surface area contributed by atoms with E-state index in [1.807, 2.05) is 11.8 Å². The third-order valence-electron chi connectivity index (χ3n) is 1.81. The Morgan fingerprint density at radius 1 is 1.45 bits per heavy atom. The predicted molar refractivity (Wildman–Crippen MR) is 48.2 cm³/mol. The van der Waals surface area contributed by atoms with E-state index < -0.39 is 0 Å². The summed E-state index contributed by atoms with van der Waals surface area (Å²) in [5.74, 6) is 1.11. The summed E-state index contributed by atoms with van der Waals surface area (Å²) in [5, 5.41) is 0. The lowest BCUT2D eigenvalue weighted by Gasteiger charge is -2.22. The van der Waals surface area contributed by atoms with Crippen LogP contribution in [0, 0.1) is 0 Å². The smallest absolute Gasteiger partial charge is 0.0619 e. The summed E-state index contributed by atoms with van der Waals surface area (Å²) in [5.41, 5.74) is 0. The predicted octanol–water partition coefficient (Wildman–Crippen LogP) is 1.54. The van der Waals surface area contributed by atoms with Gasteiger partial charge in [-0.1, -0.05) is 0 Å². The molecular formula is C8H16O2S. The summed E-state index contributed by atoms with van der Waals surface area (Å²) in [7, 11) is 0. The van der Waals surface area contributed by atoms with E-state index in [2.05, 4.69) is 6.26 Å². The second-order valence-electron chi connectivity index (χ2n) is 2.68. The SMILES string of the molecule is CSCCOC1CCOCC1. The van der Waals surface area contributed by atoms with Crippen LogP contribution in [0.1, 0.15) is 12.8 Å². The van der Waals surface area contributed by atoms with Gasteiger partial charge in [0.1, 0.15) is 0 Å². The molecule has 0 bridgehead atoms. The van der Waals surface area contributed by atoms with E-state index in [-0.39, 0.29) is 0 Å². The number of hydrogen-bond acceptors (Lipinski definition) is 3. The molecular weight excluding hydrogens is 160 g/mol. The van der Waals surface area contributed by atoms with Crippen molar-refractivity contribution in [3.05, 3.63) is 0 Å². The van der Waals surface area contributed by atoms with Crippen LogP contribution in [0.5, 0.6) is 0 Å². The molecule has 66 valence electrons. The van der Waals surface area contributed by atoms with Gasteiger partial charge in [0.25, 0.3) is 0 Å². The van der Waals surface area contributed by atoms with Crippen molar-refractivity contribution in [1.29, 1.82) is 0 Å². The fourth-order valence-corrected chi connectivity index (χ4v) is 1.40. The minimum absolute atomic E-state index is 0.468. The van der Waals surface area contributed by atoms with Gasteiger partial charge in [-0.15, -0.1) is 0 Å². The van der Waals surface area contributed by atoms with Gasteiger partial charge in [0.2, 0.25) is 0 Å². The lowest BCUT2D eigenvalue weighted by molar-refractivity contribution is -0.0264. The molecule has 0 unspecified atom stereocenters. The van der Waals surface area contributed by atoms with Crippen LogP contribution in [0.2, 0.25) is 0 Å². The highest BCUT2D eigenvalue weighted by Gasteiger charge is 2.12. The van der Waals surface area contributed by atoms with Gasteiger partial charge in [-0.2, -0.15) is 11.8 Å². The molecule has 3 heteroatoms. The van der Waals surface area contributed by atoms with E-state index in [0.717, 1.165) is 38.4 Å². The Kier molecular flexibility index (Phi) is 4.99. The van der Waals surface area contributed by atoms with Crippen LogP contribution >= 0.6 is 11.8 Å². The zero-order valence-electron chi connectivity index (χ0n) is 7.04. The third-order valence-corrected chi connectivity index (χ3v) is 2.38. The zero-order chi connectivity index (χ0) is 7.94. The first kappa shape index (κ1) is 9.36. The quantitative estimate of drug-likeness (QED) is 0.605. The molecule has 0 radical (unpaired) electrons. The van der Waals surface area contributed by atoms with Gasteiger partial charge in [-0.3, -0.25) is 0 Å². The molecule has 1 aliphatic rings. The molecule has 0 saturated carbocycles. The Morgan fingerprint density at radius 2 is 2.18 bits per heavy atom. The van der Waals surface area contributed by atoms with Crippen molar-refractivity contribution in [3.8, 4) is 0 Å². The van der Waals surface area contributed by atoms with Crippen LogP contribution in [-0.4, -0.2) is 37.9 Å². The molecule has 0 N–H and O–H groups in total. The van der Waals surface area contributed by atoms with E-state index in [9.17, 15) is 0 Å². The van der Waals surface area contributed by atoms with Crippen molar-refractivity contribution in [1.82, 2.24) is 0 Å². The molecule has 0 spiro atoms. The highest BCUT2D eigenvalue weighted by molar-refractivity contribution is 7.98. The van der Waals surface area contributed by atoms with E-state index in [0.29, 0.717) is 6.10 Å². The number of ether oxygens (including phenoxy) is 2. The Labute approximate surface area is 72.6 Å². The van der Waals surface area contributed by atoms with Gasteiger partial charge in [0, 0.05) is 19.0 Å². The summed E-state index contributed by atoms with van der Waals surface area (Å²) in [6.45, 7) is 2.65. The molecule has 1 heterocycles. The van der Waals surface area contributed by atoms with Gasteiger partial charge >= 0.3 is 0 Å². The number of hydrogen-bond donors (Lipinski definition) is 0. The molecule has 0 atom stereocenters. The van der Waals surface area contributed by atoms with Crippen LogP contribution in [0.3, 0.4) is 0 Å². The van der Waals surface area contributed by atoms with Crippen molar-refractivity contribution in [2.24, 2.45) is 0 Å². The lowest BCUT2D eigenvalue weighted by Crippen LogP contribution is -2.24. The Hall–Kier alpha value is 0.270. The molecule has 1 aliphatic heterocycles. The Balaban J connectivity index is 1.96. The maximum Gasteiger partial charge on any atom is 0.0619 e. The van der Waals surface area contributed by atoms with Crippen molar-refractivity contribution in [2.45, 2.75) is 18.9 Å². The fourth-order valence-electron chi connectivity index (χ4n) is 1.14. The minimum atomic E-state index is 0.468. The van der Waals surface area contributed by atoms with Gasteiger partial charge in [-0.05, 0) is 19.1 Å². The van der Waals surface area contributed by atoms with Crippen LogP contribution < -0.4 is 0 Å². The minimum Gasteiger partial charge on any atom is -0.381 e. The lowest BCUT2D eigenvalue weighted by atomic mass is 10.2. The molecule has 0 amide bonds. The Bertz CT molecular complexity index is 92.1. The van der Waals surface area contributed by atoms with Crippen LogP contribution in [-0.2, 0) is 9.47 Å². The van der Waals surface area contributed by atoms with Gasteiger partial charge in [0.05, 0.1) is 12.7 Å². The van der Waals surface area contributed by atoms with Gasteiger partial charge in [0.15, 0.2) is 0 Å². The molecule has 0 aromatic rings. The summed E-state index contributed by atoms with van der Waals surface area (Å²) in [6, 6.07) is 0. The average molecular weight is 176 g/mol. The zero-order valence-corrected chi connectivity index (χ0v) is 7.86. The van der Waals surface area contributed by atoms with E-state index in [1.54, 1.807) is 0 Å². The van der Waals surface area contributed by atoms with Crippen molar-refractivity contribution < 1.29 is 9.47 Å². The average Bonchev–Trinajstić information content (AvgIpc) is 2.07. The summed E-state index contributed by atoms with van der Waals surface area (Å²) in [4.78, 5) is 0. The highest BCUT2D eigenvalue weighted by atomic mass is 32.2. The van der Waals surface area contributed by atoms with Gasteiger partial charge in [-0.25, -0.2) is 0 Å². The van der Waals surface area contributed by atoms with Crippen LogP contribution in [0.15, 0.2) is 0 Å². The summed E-state index contributed by atoms with van der Waals surface area (Å²) in [6.07, 6.45) is 4.73. The van der Waals surface area contributed by atoms with Crippen LogP contribution in [0.25, 0.3) is 0 Å². The standard InChI is InChI=1S/C8H16O2S/c1-11-7-6-10-8-2-4-9-5-3-8/h8H,2-7H2,1H3. The molecule has 2 nitrogen and oxygen atoms in total. The second-order valence-corrected chi connectivity index (χ2v) is 3.66. The second kappa shape index (κ2) is 5.86. The molecule has 1 fully saturated rings. The van der Waals surface area contributed by atoms with E-state index in [1.165, 1.54) is 0 Å². The first-order valence-electron chi connectivity index (χ1n) is 4.12. The molecule has 0 aromatic carbocycles. The number of rotatable bonds is 4. The first-order chi connectivity index (χ1) is 5.43. The summed E-state index contributed by atoms with van der Waals surface area (Å²) < 4.78 is 10.8. The summed E-state index contributed by atoms with van der Waals surface area (Å²) >= 11 is 1.83. The first-order valence-corrected chi connectivity index (χ1v) is 5.51. The van der Waals surface area contributed by atoms with E-state index >= 15 is 0 Å².